The summed E-state index contributed by atoms with van der Waals surface area (Å²) in [5.74, 6) is -0.306. The van der Waals surface area contributed by atoms with Crippen molar-refractivity contribution in [3.05, 3.63) is 34.1 Å². The van der Waals surface area contributed by atoms with Crippen molar-refractivity contribution in [1.29, 1.82) is 0 Å². The minimum absolute atomic E-state index is 0.0235. The maximum atomic E-state index is 13.0. The molecule has 0 unspecified atom stereocenters. The summed E-state index contributed by atoms with van der Waals surface area (Å²) < 4.78 is 23.7. The Bertz CT molecular complexity index is 416. The molecule has 92 valence electrons. The Morgan fingerprint density at radius 2 is 2.12 bits per heavy atom. The van der Waals surface area contributed by atoms with Gasteiger partial charge in [-0.25, -0.2) is 4.39 Å². The van der Waals surface area contributed by atoms with Crippen LogP contribution in [0.3, 0.4) is 0 Å². The van der Waals surface area contributed by atoms with E-state index in [-0.39, 0.29) is 24.4 Å². The molecule has 1 aliphatic heterocycles. The van der Waals surface area contributed by atoms with Crippen LogP contribution in [0.25, 0.3) is 0 Å². The molecule has 17 heavy (non-hydrogen) atoms. The molecule has 2 rings (SSSR count). The highest BCUT2D eigenvalue weighted by Gasteiger charge is 2.19. The van der Waals surface area contributed by atoms with Crippen LogP contribution >= 0.6 is 15.9 Å². The molecule has 0 atom stereocenters. The molecule has 0 aromatic heterocycles. The number of hydrogen-bond donors (Lipinski definition) is 0. The van der Waals surface area contributed by atoms with Crippen molar-refractivity contribution in [2.45, 2.75) is 19.1 Å². The second-order valence-corrected chi connectivity index (χ2v) is 4.69. The summed E-state index contributed by atoms with van der Waals surface area (Å²) in [5.41, 5.74) is 0.779. The Morgan fingerprint density at radius 3 is 2.76 bits per heavy atom. The molecule has 5 heteroatoms. The summed E-state index contributed by atoms with van der Waals surface area (Å²) in [6.07, 6.45) is 0.100. The topological polar surface area (TPSA) is 35.5 Å². The molecule has 1 aliphatic rings. The molecular weight excluding hydrogens is 291 g/mol. The molecule has 0 saturated carbocycles. The van der Waals surface area contributed by atoms with Gasteiger partial charge in [-0.2, -0.15) is 0 Å². The van der Waals surface area contributed by atoms with Crippen LogP contribution in [-0.2, 0) is 20.7 Å². The highest BCUT2D eigenvalue weighted by Crippen LogP contribution is 2.18. The van der Waals surface area contributed by atoms with Gasteiger partial charge in [-0.05, 0) is 33.6 Å². The summed E-state index contributed by atoms with van der Waals surface area (Å²) in [4.78, 5) is 11.7. The van der Waals surface area contributed by atoms with Crippen molar-refractivity contribution in [1.82, 2.24) is 0 Å². The van der Waals surface area contributed by atoms with Crippen LogP contribution in [0.2, 0.25) is 0 Å². The molecule has 0 radical (unpaired) electrons. The molecule has 3 nitrogen and oxygen atoms in total. The van der Waals surface area contributed by atoms with E-state index in [1.165, 1.54) is 6.07 Å². The predicted molar refractivity (Wildman–Crippen MR) is 63.1 cm³/mol. The zero-order chi connectivity index (χ0) is 12.3. The van der Waals surface area contributed by atoms with Crippen LogP contribution < -0.4 is 0 Å². The Labute approximate surface area is 107 Å². The van der Waals surface area contributed by atoms with E-state index in [1.54, 1.807) is 12.1 Å². The van der Waals surface area contributed by atoms with Crippen molar-refractivity contribution in [2.24, 2.45) is 0 Å². The standard InChI is InChI=1S/C12H12BrFO3/c13-10-6-8(1-2-11(10)14)5-9(15)7-12-16-3-4-17-12/h1-2,6,12H,3-5,7H2. The lowest BCUT2D eigenvalue weighted by atomic mass is 10.1. The largest absolute Gasteiger partial charge is 0.350 e. The highest BCUT2D eigenvalue weighted by molar-refractivity contribution is 9.10. The van der Waals surface area contributed by atoms with E-state index in [1.807, 2.05) is 0 Å². The molecule has 1 fully saturated rings. The first-order valence-electron chi connectivity index (χ1n) is 5.34. The monoisotopic (exact) mass is 302 g/mol. The van der Waals surface area contributed by atoms with Crippen molar-refractivity contribution >= 4 is 21.7 Å². The van der Waals surface area contributed by atoms with Crippen molar-refractivity contribution in [2.75, 3.05) is 13.2 Å². The van der Waals surface area contributed by atoms with Crippen LogP contribution in [-0.4, -0.2) is 25.3 Å². The van der Waals surface area contributed by atoms with Gasteiger partial charge < -0.3 is 9.47 Å². The summed E-state index contributed by atoms with van der Waals surface area (Å²) in [6.45, 7) is 1.08. The Balaban J connectivity index is 1.90. The van der Waals surface area contributed by atoms with E-state index in [9.17, 15) is 9.18 Å². The zero-order valence-electron chi connectivity index (χ0n) is 9.12. The average molecular weight is 303 g/mol. The molecule has 1 aromatic carbocycles. The molecular formula is C12H12BrFO3. The van der Waals surface area contributed by atoms with E-state index in [2.05, 4.69) is 15.9 Å². The van der Waals surface area contributed by atoms with Gasteiger partial charge >= 0.3 is 0 Å². The number of carbonyl (C=O) groups excluding carboxylic acids is 1. The SMILES string of the molecule is O=C(Cc1ccc(F)c(Br)c1)CC1OCCO1. The Kier molecular flexibility index (Phi) is 4.25. The predicted octanol–water partition coefficient (Wildman–Crippen LogP) is 2.46. The van der Waals surface area contributed by atoms with Crippen molar-refractivity contribution in [3.63, 3.8) is 0 Å². The molecule has 1 saturated heterocycles. The third-order valence-electron chi connectivity index (χ3n) is 2.47. The molecule has 0 bridgehead atoms. The maximum Gasteiger partial charge on any atom is 0.164 e. The normalized spacial score (nSPS) is 16.4. The molecule has 0 N–H and O–H groups in total. The molecule has 0 amide bonds. The van der Waals surface area contributed by atoms with Crippen molar-refractivity contribution in [3.8, 4) is 0 Å². The number of halogens is 2. The van der Waals surface area contributed by atoms with Gasteiger partial charge in [0.25, 0.3) is 0 Å². The average Bonchev–Trinajstić information content (AvgIpc) is 2.76. The second-order valence-electron chi connectivity index (χ2n) is 3.84. The number of carbonyl (C=O) groups is 1. The smallest absolute Gasteiger partial charge is 0.164 e. The first-order valence-corrected chi connectivity index (χ1v) is 6.13. The highest BCUT2D eigenvalue weighted by atomic mass is 79.9. The Morgan fingerprint density at radius 1 is 1.41 bits per heavy atom. The summed E-state index contributed by atoms with van der Waals surface area (Å²) in [7, 11) is 0. The molecule has 1 heterocycles. The second kappa shape index (κ2) is 5.71. The molecule has 1 aromatic rings. The van der Waals surface area contributed by atoms with E-state index in [0.717, 1.165) is 5.56 Å². The summed E-state index contributed by atoms with van der Waals surface area (Å²) in [5, 5.41) is 0. The molecule has 0 aliphatic carbocycles. The van der Waals surface area contributed by atoms with Gasteiger partial charge in [-0.15, -0.1) is 0 Å². The number of ketones is 1. The van der Waals surface area contributed by atoms with Gasteiger partial charge in [-0.3, -0.25) is 4.79 Å². The molecule has 0 spiro atoms. The minimum atomic E-state index is -0.411. The van der Waals surface area contributed by atoms with Crippen LogP contribution in [0, 0.1) is 5.82 Å². The maximum absolute atomic E-state index is 13.0. The van der Waals surface area contributed by atoms with Crippen LogP contribution in [0.5, 0.6) is 0 Å². The quantitative estimate of drug-likeness (QED) is 0.857. The van der Waals surface area contributed by atoms with Crippen LogP contribution in [0.4, 0.5) is 4.39 Å². The fraction of sp³-hybridized carbons (Fsp3) is 0.417. The lowest BCUT2D eigenvalue weighted by Gasteiger charge is -2.08. The minimum Gasteiger partial charge on any atom is -0.350 e. The van der Waals surface area contributed by atoms with Crippen LogP contribution in [0.15, 0.2) is 22.7 Å². The van der Waals surface area contributed by atoms with Crippen molar-refractivity contribution < 1.29 is 18.7 Å². The number of Topliss-reactive ketones (excluding diaryl/α,β-unsaturated/α-hetero) is 1. The van der Waals surface area contributed by atoms with Gasteiger partial charge in [0.1, 0.15) is 11.6 Å². The fourth-order valence-corrected chi connectivity index (χ4v) is 2.09. The zero-order valence-corrected chi connectivity index (χ0v) is 10.7. The third kappa shape index (κ3) is 3.59. The lowest BCUT2D eigenvalue weighted by molar-refractivity contribution is -0.126. The Hall–Kier alpha value is -0.780. The third-order valence-corrected chi connectivity index (χ3v) is 3.08. The van der Waals surface area contributed by atoms with Crippen LogP contribution in [0.1, 0.15) is 12.0 Å². The van der Waals surface area contributed by atoms with Gasteiger partial charge in [-0.1, -0.05) is 6.07 Å². The van der Waals surface area contributed by atoms with E-state index in [4.69, 9.17) is 9.47 Å². The number of hydrogen-bond acceptors (Lipinski definition) is 3. The van der Waals surface area contributed by atoms with Gasteiger partial charge in [0.15, 0.2) is 6.29 Å². The number of rotatable bonds is 4. The van der Waals surface area contributed by atoms with E-state index in [0.29, 0.717) is 17.7 Å². The first-order chi connectivity index (χ1) is 8.15. The lowest BCUT2D eigenvalue weighted by Crippen LogP contribution is -2.15. The first kappa shape index (κ1) is 12.7. The van der Waals surface area contributed by atoms with Gasteiger partial charge in [0.05, 0.1) is 24.1 Å². The van der Waals surface area contributed by atoms with E-state index < -0.39 is 6.29 Å². The summed E-state index contributed by atoms with van der Waals surface area (Å²) >= 11 is 3.09. The van der Waals surface area contributed by atoms with Gasteiger partial charge in [0, 0.05) is 6.42 Å². The van der Waals surface area contributed by atoms with Gasteiger partial charge in [0.2, 0.25) is 0 Å². The summed E-state index contributed by atoms with van der Waals surface area (Å²) in [6, 6.07) is 4.56. The number of benzene rings is 1. The van der Waals surface area contributed by atoms with E-state index >= 15 is 0 Å². The number of ether oxygens (including phenoxy) is 2. The fourth-order valence-electron chi connectivity index (χ4n) is 1.66.